The first-order valence-corrected chi connectivity index (χ1v) is 5.33. The van der Waals surface area contributed by atoms with Gasteiger partial charge in [0.15, 0.2) is 5.78 Å². The first-order chi connectivity index (χ1) is 6.97. The van der Waals surface area contributed by atoms with Crippen LogP contribution in [0.25, 0.3) is 0 Å². The highest BCUT2D eigenvalue weighted by atomic mass is 79.9. The topological polar surface area (TPSA) is 60.2 Å². The van der Waals surface area contributed by atoms with E-state index in [-0.39, 0.29) is 17.1 Å². The van der Waals surface area contributed by atoms with Gasteiger partial charge in [0.2, 0.25) is 0 Å². The summed E-state index contributed by atoms with van der Waals surface area (Å²) in [5.74, 6) is -0.738. The van der Waals surface area contributed by atoms with Crippen molar-refractivity contribution in [2.45, 2.75) is 6.92 Å². The van der Waals surface area contributed by atoms with E-state index in [9.17, 15) is 14.9 Å². The lowest BCUT2D eigenvalue weighted by Crippen LogP contribution is -2.06. The van der Waals surface area contributed by atoms with E-state index < -0.39 is 10.7 Å². The predicted octanol–water partition coefficient (Wildman–Crippen LogP) is 3.09. The second-order valence-electron chi connectivity index (χ2n) is 2.95. The van der Waals surface area contributed by atoms with E-state index in [1.807, 2.05) is 0 Å². The average molecular weight is 293 g/mol. The van der Waals surface area contributed by atoms with Gasteiger partial charge in [0.1, 0.15) is 5.56 Å². The molecule has 0 unspecified atom stereocenters. The number of nitrogens with zero attached hydrogens (tertiary/aromatic N) is 1. The Morgan fingerprint density at radius 2 is 2.20 bits per heavy atom. The largest absolute Gasteiger partial charge is 0.293 e. The van der Waals surface area contributed by atoms with Crippen molar-refractivity contribution in [1.82, 2.24) is 0 Å². The molecule has 0 saturated carbocycles. The number of ketones is 1. The van der Waals surface area contributed by atoms with Gasteiger partial charge < -0.3 is 0 Å². The maximum absolute atomic E-state index is 11.4. The summed E-state index contributed by atoms with van der Waals surface area (Å²) in [5.41, 5.74) is 0.521. The number of hydrogen-bond donors (Lipinski definition) is 0. The molecule has 0 atom stereocenters. The van der Waals surface area contributed by atoms with E-state index in [0.717, 1.165) is 0 Å². The quantitative estimate of drug-likeness (QED) is 0.372. The number of halogens is 2. The van der Waals surface area contributed by atoms with Gasteiger partial charge in [-0.05, 0) is 34.5 Å². The molecule has 6 heteroatoms. The molecule has 0 amide bonds. The van der Waals surface area contributed by atoms with Crippen LogP contribution >= 0.6 is 27.5 Å². The molecule has 1 aromatic rings. The van der Waals surface area contributed by atoms with Crippen molar-refractivity contribution in [2.75, 3.05) is 5.88 Å². The SMILES string of the molecule is Cc1cc(Br)c(C(=O)CCl)c([N+](=O)[O-])c1. The molecule has 0 N–H and O–H groups in total. The maximum Gasteiger partial charge on any atom is 0.281 e. The first-order valence-electron chi connectivity index (χ1n) is 4.01. The summed E-state index contributed by atoms with van der Waals surface area (Å²) in [6.45, 7) is 1.71. The zero-order chi connectivity index (χ0) is 11.6. The summed E-state index contributed by atoms with van der Waals surface area (Å²) >= 11 is 8.51. The first kappa shape index (κ1) is 12.1. The fourth-order valence-corrected chi connectivity index (χ4v) is 2.13. The lowest BCUT2D eigenvalue weighted by atomic mass is 10.1. The third-order valence-corrected chi connectivity index (χ3v) is 2.68. The molecule has 0 fully saturated rings. The third kappa shape index (κ3) is 2.54. The van der Waals surface area contributed by atoms with Crippen LogP contribution in [0.4, 0.5) is 5.69 Å². The lowest BCUT2D eigenvalue weighted by molar-refractivity contribution is -0.385. The van der Waals surface area contributed by atoms with E-state index in [4.69, 9.17) is 11.6 Å². The monoisotopic (exact) mass is 291 g/mol. The van der Waals surface area contributed by atoms with Gasteiger partial charge in [0.05, 0.1) is 10.8 Å². The highest BCUT2D eigenvalue weighted by molar-refractivity contribution is 9.10. The smallest absolute Gasteiger partial charge is 0.281 e. The Bertz CT molecular complexity index is 434. The van der Waals surface area contributed by atoms with Gasteiger partial charge in [-0.25, -0.2) is 0 Å². The number of nitro groups is 1. The molecule has 1 aromatic carbocycles. The zero-order valence-corrected chi connectivity index (χ0v) is 10.1. The Labute approximate surface area is 99.5 Å². The second-order valence-corrected chi connectivity index (χ2v) is 4.08. The molecule has 0 saturated heterocycles. The molecule has 0 aromatic heterocycles. The number of rotatable bonds is 3. The molecule has 0 aliphatic heterocycles. The molecule has 4 nitrogen and oxygen atoms in total. The summed E-state index contributed by atoms with van der Waals surface area (Å²) < 4.78 is 0.403. The van der Waals surface area contributed by atoms with Crippen molar-refractivity contribution in [1.29, 1.82) is 0 Å². The van der Waals surface area contributed by atoms with Crippen LogP contribution in [-0.2, 0) is 0 Å². The van der Waals surface area contributed by atoms with Crippen molar-refractivity contribution in [3.8, 4) is 0 Å². The van der Waals surface area contributed by atoms with E-state index in [1.54, 1.807) is 13.0 Å². The second kappa shape index (κ2) is 4.72. The van der Waals surface area contributed by atoms with E-state index in [2.05, 4.69) is 15.9 Å². The van der Waals surface area contributed by atoms with Crippen LogP contribution in [0.1, 0.15) is 15.9 Å². The van der Waals surface area contributed by atoms with Crippen LogP contribution in [0, 0.1) is 17.0 Å². The van der Waals surface area contributed by atoms with Gasteiger partial charge in [-0.3, -0.25) is 14.9 Å². The molecule has 1 rings (SSSR count). The van der Waals surface area contributed by atoms with Crippen LogP contribution in [0.3, 0.4) is 0 Å². The van der Waals surface area contributed by atoms with Gasteiger partial charge in [0.25, 0.3) is 5.69 Å². The van der Waals surface area contributed by atoms with Crippen LogP contribution in [0.15, 0.2) is 16.6 Å². The van der Waals surface area contributed by atoms with Crippen LogP contribution in [-0.4, -0.2) is 16.6 Å². The fraction of sp³-hybridized carbons (Fsp3) is 0.222. The standard InChI is InChI=1S/C9H7BrClNO3/c1-5-2-6(10)9(8(13)4-11)7(3-5)12(14)15/h2-3H,4H2,1H3. The molecule has 15 heavy (non-hydrogen) atoms. The van der Waals surface area contributed by atoms with Crippen molar-refractivity contribution in [2.24, 2.45) is 0 Å². The van der Waals surface area contributed by atoms with Crippen molar-refractivity contribution in [3.63, 3.8) is 0 Å². The fourth-order valence-electron chi connectivity index (χ4n) is 1.21. The Morgan fingerprint density at radius 3 is 2.67 bits per heavy atom. The van der Waals surface area contributed by atoms with Crippen molar-refractivity contribution >= 4 is 39.0 Å². The number of alkyl halides is 1. The molecule has 80 valence electrons. The molecule has 0 spiro atoms. The maximum atomic E-state index is 11.4. The molecule has 0 bridgehead atoms. The highest BCUT2D eigenvalue weighted by Crippen LogP contribution is 2.29. The predicted molar refractivity (Wildman–Crippen MR) is 60.6 cm³/mol. The number of Topliss-reactive ketones (excluding diaryl/α,β-unsaturated/α-hetero) is 1. The number of carbonyl (C=O) groups excluding carboxylic acids is 1. The Balaban J connectivity index is 3.46. The Kier molecular flexibility index (Phi) is 3.82. The third-order valence-electron chi connectivity index (χ3n) is 1.81. The van der Waals surface area contributed by atoms with Gasteiger partial charge in [-0.15, -0.1) is 11.6 Å². The summed E-state index contributed by atoms with van der Waals surface area (Å²) in [4.78, 5) is 21.6. The molecular formula is C9H7BrClNO3. The number of benzene rings is 1. The van der Waals surface area contributed by atoms with Crippen molar-refractivity contribution < 1.29 is 9.72 Å². The van der Waals surface area contributed by atoms with Gasteiger partial charge in [-0.2, -0.15) is 0 Å². The summed E-state index contributed by atoms with van der Waals surface area (Å²) in [6, 6.07) is 3.00. The van der Waals surface area contributed by atoms with E-state index in [0.29, 0.717) is 10.0 Å². The van der Waals surface area contributed by atoms with Gasteiger partial charge in [-0.1, -0.05) is 0 Å². The number of nitro benzene ring substituents is 1. The molecular weight excluding hydrogens is 285 g/mol. The average Bonchev–Trinajstić information content (AvgIpc) is 2.15. The van der Waals surface area contributed by atoms with E-state index >= 15 is 0 Å². The summed E-state index contributed by atoms with van der Waals surface area (Å²) in [5, 5.41) is 10.7. The molecule has 0 aliphatic rings. The molecule has 0 heterocycles. The van der Waals surface area contributed by atoms with Gasteiger partial charge >= 0.3 is 0 Å². The summed E-state index contributed by atoms with van der Waals surface area (Å²) in [7, 11) is 0. The zero-order valence-electron chi connectivity index (χ0n) is 7.79. The highest BCUT2D eigenvalue weighted by Gasteiger charge is 2.22. The minimum atomic E-state index is -0.586. The Morgan fingerprint density at radius 1 is 1.60 bits per heavy atom. The minimum Gasteiger partial charge on any atom is -0.293 e. The van der Waals surface area contributed by atoms with Crippen LogP contribution in [0.5, 0.6) is 0 Å². The number of hydrogen-bond acceptors (Lipinski definition) is 3. The van der Waals surface area contributed by atoms with Crippen LogP contribution in [0.2, 0.25) is 0 Å². The van der Waals surface area contributed by atoms with Crippen LogP contribution < -0.4 is 0 Å². The molecule has 0 radical (unpaired) electrons. The van der Waals surface area contributed by atoms with Crippen molar-refractivity contribution in [3.05, 3.63) is 37.8 Å². The Hall–Kier alpha value is -0.940. The number of aryl methyl sites for hydroxylation is 1. The normalized spacial score (nSPS) is 10.1. The lowest BCUT2D eigenvalue weighted by Gasteiger charge is -2.04. The van der Waals surface area contributed by atoms with Gasteiger partial charge in [0, 0.05) is 10.5 Å². The minimum absolute atomic E-state index is 0.0283. The van der Waals surface area contributed by atoms with E-state index in [1.165, 1.54) is 6.07 Å². The number of carbonyl (C=O) groups is 1. The molecule has 0 aliphatic carbocycles. The summed E-state index contributed by atoms with van der Waals surface area (Å²) in [6.07, 6.45) is 0.